The van der Waals surface area contributed by atoms with Crippen LogP contribution in [0.1, 0.15) is 18.4 Å². The summed E-state index contributed by atoms with van der Waals surface area (Å²) in [4.78, 5) is 0. The lowest BCUT2D eigenvalue weighted by Gasteiger charge is -2.11. The van der Waals surface area contributed by atoms with Crippen LogP contribution in [0.2, 0.25) is 0 Å². The average Bonchev–Trinajstić information content (AvgIpc) is 2.92. The molecule has 4 nitrogen and oxygen atoms in total. The van der Waals surface area contributed by atoms with Gasteiger partial charge in [-0.05, 0) is 31.1 Å². The van der Waals surface area contributed by atoms with E-state index < -0.39 is 0 Å². The third-order valence-electron chi connectivity index (χ3n) is 2.79. The van der Waals surface area contributed by atoms with Crippen molar-refractivity contribution in [2.75, 3.05) is 13.2 Å². The topological polar surface area (TPSA) is 45.6 Å². The van der Waals surface area contributed by atoms with E-state index in [1.807, 2.05) is 24.3 Å². The molecule has 1 aliphatic rings. The fourth-order valence-corrected chi connectivity index (χ4v) is 2.31. The number of benzene rings is 1. The molecule has 1 aliphatic heterocycles. The summed E-state index contributed by atoms with van der Waals surface area (Å²) in [6.45, 7) is 1.59. The molecule has 0 aromatic heterocycles. The van der Waals surface area contributed by atoms with E-state index >= 15 is 0 Å². The summed E-state index contributed by atoms with van der Waals surface area (Å²) in [6.07, 6.45) is 4.22. The third-order valence-corrected chi connectivity index (χ3v) is 3.75. The van der Waals surface area contributed by atoms with Gasteiger partial charge in [-0.25, -0.2) is 0 Å². The predicted molar refractivity (Wildman–Crippen MR) is 84.4 cm³/mol. The number of hydrogen-bond donors (Lipinski definition) is 2. The molecule has 1 atom stereocenters. The molecule has 6 heteroatoms. The zero-order valence-electron chi connectivity index (χ0n) is 10.4. The summed E-state index contributed by atoms with van der Waals surface area (Å²) in [5, 5.41) is 7.71. The third kappa shape index (κ3) is 4.89. The van der Waals surface area contributed by atoms with Gasteiger partial charge in [-0.1, -0.05) is 34.1 Å². The van der Waals surface area contributed by atoms with Gasteiger partial charge in [0.1, 0.15) is 0 Å². The molecule has 0 aliphatic carbocycles. The van der Waals surface area contributed by atoms with E-state index in [-0.39, 0.29) is 6.10 Å². The lowest BCUT2D eigenvalue weighted by atomic mass is 10.2. The molecule has 1 fully saturated rings. The van der Waals surface area contributed by atoms with Crippen LogP contribution >= 0.6 is 28.1 Å². The van der Waals surface area contributed by atoms with Crippen molar-refractivity contribution in [3.8, 4) is 0 Å². The Morgan fingerprint density at radius 3 is 3.11 bits per heavy atom. The molecular weight excluding hydrogens is 326 g/mol. The van der Waals surface area contributed by atoms with Crippen LogP contribution in [0.3, 0.4) is 0 Å². The Bertz CT molecular complexity index is 461. The Balaban J connectivity index is 1.72. The number of hydrogen-bond acceptors (Lipinski definition) is 3. The molecule has 1 heterocycles. The molecule has 0 amide bonds. The number of nitrogens with one attached hydrogen (secondary N) is 2. The fourth-order valence-electron chi connectivity index (χ4n) is 1.79. The minimum Gasteiger partial charge on any atom is -0.376 e. The Hall–Kier alpha value is -0.980. The highest BCUT2D eigenvalue weighted by atomic mass is 79.9. The van der Waals surface area contributed by atoms with E-state index in [0.717, 1.165) is 36.0 Å². The second-order valence-corrected chi connectivity index (χ2v) is 5.50. The van der Waals surface area contributed by atoms with Crippen molar-refractivity contribution in [3.05, 3.63) is 34.3 Å². The SMILES string of the molecule is S=C(NCC1CCCO1)N/N=C/c1ccccc1Br. The van der Waals surface area contributed by atoms with Crippen LogP contribution in [-0.2, 0) is 4.74 Å². The van der Waals surface area contributed by atoms with E-state index in [1.54, 1.807) is 6.21 Å². The largest absolute Gasteiger partial charge is 0.376 e. The summed E-state index contributed by atoms with van der Waals surface area (Å²) in [5.41, 5.74) is 3.79. The van der Waals surface area contributed by atoms with Crippen LogP contribution in [-0.4, -0.2) is 30.6 Å². The summed E-state index contributed by atoms with van der Waals surface area (Å²) >= 11 is 8.59. The van der Waals surface area contributed by atoms with Crippen molar-refractivity contribution >= 4 is 39.5 Å². The average molecular weight is 342 g/mol. The van der Waals surface area contributed by atoms with Gasteiger partial charge in [0.25, 0.3) is 0 Å². The summed E-state index contributed by atoms with van der Waals surface area (Å²) in [7, 11) is 0. The van der Waals surface area contributed by atoms with E-state index in [2.05, 4.69) is 31.8 Å². The summed E-state index contributed by atoms with van der Waals surface area (Å²) < 4.78 is 6.50. The molecule has 1 aromatic rings. The van der Waals surface area contributed by atoms with Gasteiger partial charge in [-0.2, -0.15) is 5.10 Å². The second-order valence-electron chi connectivity index (χ2n) is 4.24. The Labute approximate surface area is 126 Å². The Kier molecular flexibility index (Phi) is 5.75. The molecule has 1 aromatic carbocycles. The van der Waals surface area contributed by atoms with Crippen LogP contribution in [0.5, 0.6) is 0 Å². The maximum absolute atomic E-state index is 5.50. The molecule has 19 heavy (non-hydrogen) atoms. The van der Waals surface area contributed by atoms with Gasteiger partial charge in [0.2, 0.25) is 0 Å². The van der Waals surface area contributed by atoms with Crippen LogP contribution in [0.25, 0.3) is 0 Å². The standard InChI is InChI=1S/C13H16BrN3OS/c14-12-6-2-1-4-10(12)8-16-17-13(19)15-9-11-5-3-7-18-11/h1-2,4,6,8,11H,3,5,7,9H2,(H2,15,17,19)/b16-8+. The van der Waals surface area contributed by atoms with Crippen molar-refractivity contribution in [1.29, 1.82) is 0 Å². The fraction of sp³-hybridized carbons (Fsp3) is 0.385. The molecule has 2 N–H and O–H groups in total. The van der Waals surface area contributed by atoms with Crippen LogP contribution in [0, 0.1) is 0 Å². The highest BCUT2D eigenvalue weighted by molar-refractivity contribution is 9.10. The number of ether oxygens (including phenoxy) is 1. The Morgan fingerprint density at radius 1 is 1.53 bits per heavy atom. The first-order valence-electron chi connectivity index (χ1n) is 6.19. The molecule has 2 rings (SSSR count). The predicted octanol–water partition coefficient (Wildman–Crippen LogP) is 2.43. The molecule has 0 radical (unpaired) electrons. The number of nitrogens with zero attached hydrogens (tertiary/aromatic N) is 1. The van der Waals surface area contributed by atoms with Gasteiger partial charge in [-0.15, -0.1) is 0 Å². The van der Waals surface area contributed by atoms with Crippen molar-refractivity contribution in [2.45, 2.75) is 18.9 Å². The van der Waals surface area contributed by atoms with Crippen molar-refractivity contribution < 1.29 is 4.74 Å². The number of rotatable bonds is 4. The monoisotopic (exact) mass is 341 g/mol. The lowest BCUT2D eigenvalue weighted by molar-refractivity contribution is 0.114. The van der Waals surface area contributed by atoms with Gasteiger partial charge in [0, 0.05) is 23.2 Å². The molecule has 102 valence electrons. The van der Waals surface area contributed by atoms with Crippen molar-refractivity contribution in [2.24, 2.45) is 5.10 Å². The van der Waals surface area contributed by atoms with Crippen molar-refractivity contribution in [3.63, 3.8) is 0 Å². The second kappa shape index (κ2) is 7.57. The normalized spacial score (nSPS) is 18.7. The van der Waals surface area contributed by atoms with Gasteiger partial charge in [-0.3, -0.25) is 5.43 Å². The molecular formula is C13H16BrN3OS. The highest BCUT2D eigenvalue weighted by Gasteiger charge is 2.14. The van der Waals surface area contributed by atoms with Crippen LogP contribution in [0.15, 0.2) is 33.8 Å². The van der Waals surface area contributed by atoms with Crippen molar-refractivity contribution in [1.82, 2.24) is 10.7 Å². The Morgan fingerprint density at radius 2 is 2.37 bits per heavy atom. The number of halogens is 1. The van der Waals surface area contributed by atoms with E-state index in [1.165, 1.54) is 0 Å². The first-order valence-corrected chi connectivity index (χ1v) is 7.39. The summed E-state index contributed by atoms with van der Waals surface area (Å²) in [6, 6.07) is 7.86. The molecule has 1 saturated heterocycles. The van der Waals surface area contributed by atoms with Gasteiger partial charge in [0.05, 0.1) is 12.3 Å². The van der Waals surface area contributed by atoms with Gasteiger partial charge in [0.15, 0.2) is 5.11 Å². The maximum atomic E-state index is 5.50. The lowest BCUT2D eigenvalue weighted by Crippen LogP contribution is -2.37. The van der Waals surface area contributed by atoms with E-state index in [9.17, 15) is 0 Å². The van der Waals surface area contributed by atoms with Gasteiger partial charge < -0.3 is 10.1 Å². The highest BCUT2D eigenvalue weighted by Crippen LogP contribution is 2.13. The molecule has 0 spiro atoms. The number of hydrazone groups is 1. The first kappa shape index (κ1) is 14.4. The quantitative estimate of drug-likeness (QED) is 0.501. The number of thiocarbonyl (C=S) groups is 1. The minimum atomic E-state index is 0.270. The van der Waals surface area contributed by atoms with Crippen LogP contribution in [0.4, 0.5) is 0 Å². The first-order chi connectivity index (χ1) is 9.25. The zero-order chi connectivity index (χ0) is 13.5. The molecule has 1 unspecified atom stereocenters. The van der Waals surface area contributed by atoms with E-state index in [4.69, 9.17) is 17.0 Å². The minimum absolute atomic E-state index is 0.270. The maximum Gasteiger partial charge on any atom is 0.187 e. The molecule has 0 saturated carbocycles. The zero-order valence-corrected chi connectivity index (χ0v) is 12.8. The van der Waals surface area contributed by atoms with E-state index in [0.29, 0.717) is 5.11 Å². The smallest absolute Gasteiger partial charge is 0.187 e. The molecule has 0 bridgehead atoms. The summed E-state index contributed by atoms with van der Waals surface area (Å²) in [5.74, 6) is 0. The van der Waals surface area contributed by atoms with Gasteiger partial charge >= 0.3 is 0 Å². The van der Waals surface area contributed by atoms with Crippen LogP contribution < -0.4 is 10.7 Å².